The van der Waals surface area contributed by atoms with Crippen LogP contribution >= 0.6 is 15.9 Å². The molecule has 0 radical (unpaired) electrons. The highest BCUT2D eigenvalue weighted by molar-refractivity contribution is 9.09. The van der Waals surface area contributed by atoms with Gasteiger partial charge < -0.3 is 4.74 Å². The molecule has 1 heterocycles. The highest BCUT2D eigenvalue weighted by atomic mass is 79.9. The largest absolute Gasteiger partial charge is 0.488 e. The second-order valence-corrected chi connectivity index (χ2v) is 6.61. The highest BCUT2D eigenvalue weighted by Crippen LogP contribution is 2.52. The normalized spacial score (nSPS) is 24.9. The van der Waals surface area contributed by atoms with Gasteiger partial charge in [-0.05, 0) is 44.7 Å². The van der Waals surface area contributed by atoms with E-state index in [2.05, 4.69) is 47.8 Å². The van der Waals surface area contributed by atoms with Crippen LogP contribution in [0.5, 0.6) is 5.75 Å². The van der Waals surface area contributed by atoms with E-state index in [1.807, 2.05) is 13.0 Å². The third-order valence-electron chi connectivity index (χ3n) is 4.68. The summed E-state index contributed by atoms with van der Waals surface area (Å²) in [6, 6.07) is 4.12. The van der Waals surface area contributed by atoms with E-state index in [0.717, 1.165) is 42.8 Å². The fraction of sp³-hybridized carbons (Fsp3) is 0.688. The van der Waals surface area contributed by atoms with Crippen molar-refractivity contribution in [2.24, 2.45) is 5.41 Å². The van der Waals surface area contributed by atoms with Gasteiger partial charge in [-0.2, -0.15) is 0 Å². The summed E-state index contributed by atoms with van der Waals surface area (Å²) in [6.07, 6.45) is 4.66. The molecule has 0 spiro atoms. The average molecular weight is 326 g/mol. The Labute approximate surface area is 125 Å². The van der Waals surface area contributed by atoms with Crippen LogP contribution in [0.2, 0.25) is 0 Å². The van der Waals surface area contributed by atoms with Gasteiger partial charge in [0.05, 0.1) is 5.69 Å². The molecule has 1 saturated carbocycles. The SMILES string of the molecule is CCc1nc(C)ccc1OC1CC(Br)C1(CC)CC. The number of halogens is 1. The van der Waals surface area contributed by atoms with Crippen LogP contribution in [0.15, 0.2) is 12.1 Å². The van der Waals surface area contributed by atoms with Crippen molar-refractivity contribution >= 4 is 15.9 Å². The van der Waals surface area contributed by atoms with Gasteiger partial charge in [-0.1, -0.05) is 36.7 Å². The summed E-state index contributed by atoms with van der Waals surface area (Å²) in [6.45, 7) is 8.70. The summed E-state index contributed by atoms with van der Waals surface area (Å²) in [4.78, 5) is 5.17. The first-order valence-electron chi connectivity index (χ1n) is 7.34. The van der Waals surface area contributed by atoms with Gasteiger partial charge in [-0.25, -0.2) is 0 Å². The van der Waals surface area contributed by atoms with Gasteiger partial charge >= 0.3 is 0 Å². The lowest BCUT2D eigenvalue weighted by molar-refractivity contribution is -0.0417. The van der Waals surface area contributed by atoms with Crippen LogP contribution in [0, 0.1) is 12.3 Å². The quantitative estimate of drug-likeness (QED) is 0.733. The molecule has 1 aliphatic rings. The van der Waals surface area contributed by atoms with Crippen LogP contribution in [0.25, 0.3) is 0 Å². The maximum absolute atomic E-state index is 6.30. The number of pyridine rings is 1. The number of nitrogens with zero attached hydrogens (tertiary/aromatic N) is 1. The second kappa shape index (κ2) is 5.82. The van der Waals surface area contributed by atoms with Gasteiger partial charge in [0, 0.05) is 15.9 Å². The third-order valence-corrected chi connectivity index (χ3v) is 5.96. The number of ether oxygens (including phenoxy) is 1. The summed E-state index contributed by atoms with van der Waals surface area (Å²) in [7, 11) is 0. The zero-order valence-electron chi connectivity index (χ0n) is 12.4. The molecule has 106 valence electrons. The molecule has 1 aromatic rings. The fourth-order valence-corrected chi connectivity index (χ4v) is 4.41. The molecule has 1 fully saturated rings. The molecular weight excluding hydrogens is 302 g/mol. The Balaban J connectivity index is 2.18. The van der Waals surface area contributed by atoms with Gasteiger partial charge in [-0.3, -0.25) is 4.98 Å². The van der Waals surface area contributed by atoms with Crippen molar-refractivity contribution in [3.05, 3.63) is 23.5 Å². The molecule has 3 heteroatoms. The number of hydrogen-bond acceptors (Lipinski definition) is 2. The number of aromatic nitrogens is 1. The topological polar surface area (TPSA) is 22.1 Å². The second-order valence-electron chi connectivity index (χ2n) is 5.50. The van der Waals surface area contributed by atoms with Crippen molar-refractivity contribution in [1.29, 1.82) is 0 Å². The minimum atomic E-state index is 0.288. The van der Waals surface area contributed by atoms with Crippen LogP contribution in [0.1, 0.15) is 51.4 Å². The Hall–Kier alpha value is -0.570. The van der Waals surface area contributed by atoms with Gasteiger partial charge in [-0.15, -0.1) is 0 Å². The monoisotopic (exact) mass is 325 g/mol. The molecular formula is C16H24BrNO. The molecule has 2 rings (SSSR count). The molecule has 19 heavy (non-hydrogen) atoms. The average Bonchev–Trinajstić information content (AvgIpc) is 2.41. The fourth-order valence-electron chi connectivity index (χ4n) is 3.12. The maximum Gasteiger partial charge on any atom is 0.141 e. The Morgan fingerprint density at radius 1 is 1.32 bits per heavy atom. The van der Waals surface area contributed by atoms with E-state index in [-0.39, 0.29) is 5.41 Å². The van der Waals surface area contributed by atoms with E-state index in [1.165, 1.54) is 0 Å². The summed E-state index contributed by atoms with van der Waals surface area (Å²) in [5.41, 5.74) is 2.43. The summed E-state index contributed by atoms with van der Waals surface area (Å²) < 4.78 is 6.30. The van der Waals surface area contributed by atoms with Crippen LogP contribution < -0.4 is 4.74 Å². The Morgan fingerprint density at radius 3 is 2.53 bits per heavy atom. The molecule has 0 saturated heterocycles. The van der Waals surface area contributed by atoms with Crippen molar-refractivity contribution in [3.8, 4) is 5.75 Å². The van der Waals surface area contributed by atoms with Crippen LogP contribution in [0.4, 0.5) is 0 Å². The minimum Gasteiger partial charge on any atom is -0.488 e. The van der Waals surface area contributed by atoms with E-state index >= 15 is 0 Å². The molecule has 0 N–H and O–H groups in total. The van der Waals surface area contributed by atoms with E-state index in [1.54, 1.807) is 0 Å². The van der Waals surface area contributed by atoms with Crippen molar-refractivity contribution in [2.45, 2.75) is 64.3 Å². The molecule has 1 aliphatic carbocycles. The molecule has 1 aromatic heterocycles. The molecule has 0 amide bonds. The highest BCUT2D eigenvalue weighted by Gasteiger charge is 2.53. The molecule has 2 atom stereocenters. The van der Waals surface area contributed by atoms with Gasteiger partial charge in [0.15, 0.2) is 0 Å². The van der Waals surface area contributed by atoms with E-state index in [4.69, 9.17) is 4.74 Å². The molecule has 0 aliphatic heterocycles. The van der Waals surface area contributed by atoms with Gasteiger partial charge in [0.1, 0.15) is 11.9 Å². The van der Waals surface area contributed by atoms with E-state index in [9.17, 15) is 0 Å². The Bertz CT molecular complexity index is 442. The molecule has 0 aromatic carbocycles. The van der Waals surface area contributed by atoms with Crippen LogP contribution in [-0.4, -0.2) is 15.9 Å². The van der Waals surface area contributed by atoms with Gasteiger partial charge in [0.25, 0.3) is 0 Å². The number of alkyl halides is 1. The van der Waals surface area contributed by atoms with Gasteiger partial charge in [0.2, 0.25) is 0 Å². The van der Waals surface area contributed by atoms with E-state index in [0.29, 0.717) is 10.9 Å². The first kappa shape index (κ1) is 14.8. The Kier molecular flexibility index (Phi) is 4.54. The third kappa shape index (κ3) is 2.54. The zero-order valence-corrected chi connectivity index (χ0v) is 14.0. The first-order valence-corrected chi connectivity index (χ1v) is 8.26. The number of hydrogen-bond donors (Lipinski definition) is 0. The Morgan fingerprint density at radius 2 is 2.00 bits per heavy atom. The number of rotatable bonds is 5. The first-order chi connectivity index (χ1) is 9.07. The van der Waals surface area contributed by atoms with E-state index < -0.39 is 0 Å². The van der Waals surface area contributed by atoms with Crippen LogP contribution in [0.3, 0.4) is 0 Å². The minimum absolute atomic E-state index is 0.288. The molecule has 0 bridgehead atoms. The summed E-state index contributed by atoms with van der Waals surface area (Å²) in [5, 5.41) is 0. The lowest BCUT2D eigenvalue weighted by atomic mass is 9.62. The summed E-state index contributed by atoms with van der Waals surface area (Å²) in [5.74, 6) is 0.976. The molecule has 2 unspecified atom stereocenters. The van der Waals surface area contributed by atoms with Crippen LogP contribution in [-0.2, 0) is 6.42 Å². The zero-order chi connectivity index (χ0) is 14.0. The predicted octanol–water partition coefficient (Wildman–Crippen LogP) is 4.67. The smallest absolute Gasteiger partial charge is 0.141 e. The standard InChI is InChI=1S/C16H24BrNO/c1-5-12-13(9-8-11(4)18-12)19-15-10-14(17)16(15,6-2)7-3/h8-9,14-15H,5-7,10H2,1-4H3. The van der Waals surface area contributed by atoms with Crippen molar-refractivity contribution in [3.63, 3.8) is 0 Å². The van der Waals surface area contributed by atoms with Crippen molar-refractivity contribution in [2.75, 3.05) is 0 Å². The maximum atomic E-state index is 6.30. The lowest BCUT2D eigenvalue weighted by Crippen LogP contribution is -2.56. The van der Waals surface area contributed by atoms with Crippen molar-refractivity contribution in [1.82, 2.24) is 4.98 Å². The number of aryl methyl sites for hydroxylation is 2. The summed E-state index contributed by atoms with van der Waals surface area (Å²) >= 11 is 3.81. The molecule has 2 nitrogen and oxygen atoms in total. The predicted molar refractivity (Wildman–Crippen MR) is 83.1 cm³/mol. The lowest BCUT2D eigenvalue weighted by Gasteiger charge is -2.52. The van der Waals surface area contributed by atoms with Crippen molar-refractivity contribution < 1.29 is 4.74 Å².